The second-order valence-corrected chi connectivity index (χ2v) is 6.38. The molecule has 0 aliphatic rings. The standard InChI is InChI=1S/C16H31N3O/c1-13(2)10-17-11-16-14(3)9-15(20-16)12-19(6)8-7-18(4)5/h9,13,17H,7-8,10-12H2,1-6H3. The van der Waals surface area contributed by atoms with Gasteiger partial charge in [0.2, 0.25) is 0 Å². The van der Waals surface area contributed by atoms with Crippen LogP contribution in [0.15, 0.2) is 10.5 Å². The molecule has 1 aromatic rings. The Labute approximate surface area is 124 Å². The molecule has 0 aliphatic heterocycles. The minimum absolute atomic E-state index is 0.668. The monoisotopic (exact) mass is 281 g/mol. The van der Waals surface area contributed by atoms with Gasteiger partial charge in [-0.05, 0) is 52.2 Å². The summed E-state index contributed by atoms with van der Waals surface area (Å²) >= 11 is 0. The lowest BCUT2D eigenvalue weighted by Crippen LogP contribution is -2.28. The molecule has 0 radical (unpaired) electrons. The zero-order chi connectivity index (χ0) is 15.1. The number of aryl methyl sites for hydroxylation is 1. The van der Waals surface area contributed by atoms with Crippen LogP contribution in [0.2, 0.25) is 0 Å². The molecule has 1 heterocycles. The van der Waals surface area contributed by atoms with E-state index in [1.807, 2.05) is 0 Å². The molecule has 0 spiro atoms. The molecule has 0 fully saturated rings. The normalized spacial score (nSPS) is 12.1. The van der Waals surface area contributed by atoms with Gasteiger partial charge in [-0.1, -0.05) is 13.8 Å². The summed E-state index contributed by atoms with van der Waals surface area (Å²) in [6, 6.07) is 2.17. The molecule has 1 N–H and O–H groups in total. The smallest absolute Gasteiger partial charge is 0.120 e. The number of furan rings is 1. The van der Waals surface area contributed by atoms with Crippen molar-refractivity contribution in [1.82, 2.24) is 15.1 Å². The fourth-order valence-electron chi connectivity index (χ4n) is 2.03. The van der Waals surface area contributed by atoms with Crippen molar-refractivity contribution in [3.63, 3.8) is 0 Å². The molecular formula is C16H31N3O. The maximum Gasteiger partial charge on any atom is 0.120 e. The van der Waals surface area contributed by atoms with Gasteiger partial charge in [-0.2, -0.15) is 0 Å². The summed E-state index contributed by atoms with van der Waals surface area (Å²) in [6.45, 7) is 11.4. The fourth-order valence-corrected chi connectivity index (χ4v) is 2.03. The van der Waals surface area contributed by atoms with Gasteiger partial charge >= 0.3 is 0 Å². The Morgan fingerprint density at radius 2 is 1.90 bits per heavy atom. The van der Waals surface area contributed by atoms with Crippen LogP contribution < -0.4 is 5.32 Å². The largest absolute Gasteiger partial charge is 0.463 e. The van der Waals surface area contributed by atoms with Crippen molar-refractivity contribution in [2.45, 2.75) is 33.9 Å². The minimum Gasteiger partial charge on any atom is -0.463 e. The van der Waals surface area contributed by atoms with Crippen molar-refractivity contribution in [3.05, 3.63) is 23.2 Å². The van der Waals surface area contributed by atoms with Gasteiger partial charge in [-0.3, -0.25) is 4.90 Å². The fraction of sp³-hybridized carbons (Fsp3) is 0.750. The Morgan fingerprint density at radius 1 is 1.20 bits per heavy atom. The van der Waals surface area contributed by atoms with Crippen molar-refractivity contribution in [1.29, 1.82) is 0 Å². The van der Waals surface area contributed by atoms with Gasteiger partial charge in [0.15, 0.2) is 0 Å². The van der Waals surface area contributed by atoms with Crippen LogP contribution in [0.25, 0.3) is 0 Å². The van der Waals surface area contributed by atoms with E-state index in [4.69, 9.17) is 4.42 Å². The first-order chi connectivity index (χ1) is 9.38. The molecular weight excluding hydrogens is 250 g/mol. The lowest BCUT2D eigenvalue weighted by Gasteiger charge is -2.17. The zero-order valence-corrected chi connectivity index (χ0v) is 14.0. The molecule has 0 bridgehead atoms. The van der Waals surface area contributed by atoms with E-state index in [2.05, 4.69) is 63.1 Å². The Bertz CT molecular complexity index is 385. The van der Waals surface area contributed by atoms with E-state index in [-0.39, 0.29) is 0 Å². The first-order valence-electron chi connectivity index (χ1n) is 7.50. The predicted octanol–water partition coefficient (Wildman–Crippen LogP) is 2.33. The van der Waals surface area contributed by atoms with Crippen LogP contribution in [0.1, 0.15) is 30.9 Å². The van der Waals surface area contributed by atoms with Crippen molar-refractivity contribution in [2.24, 2.45) is 5.92 Å². The van der Waals surface area contributed by atoms with Crippen LogP contribution in [-0.2, 0) is 13.1 Å². The Kier molecular flexibility index (Phi) is 7.27. The highest BCUT2D eigenvalue weighted by Gasteiger charge is 2.10. The van der Waals surface area contributed by atoms with E-state index >= 15 is 0 Å². The number of hydrogen-bond acceptors (Lipinski definition) is 4. The highest BCUT2D eigenvalue weighted by molar-refractivity contribution is 5.20. The SMILES string of the molecule is Cc1cc(CN(C)CCN(C)C)oc1CNCC(C)C. The van der Waals surface area contributed by atoms with Crippen LogP contribution in [-0.4, -0.2) is 50.6 Å². The number of hydrogen-bond donors (Lipinski definition) is 1. The van der Waals surface area contributed by atoms with Gasteiger partial charge in [0, 0.05) is 13.1 Å². The van der Waals surface area contributed by atoms with E-state index in [1.54, 1.807) is 0 Å². The maximum absolute atomic E-state index is 5.96. The number of nitrogens with one attached hydrogen (secondary N) is 1. The van der Waals surface area contributed by atoms with E-state index < -0.39 is 0 Å². The van der Waals surface area contributed by atoms with Gasteiger partial charge in [0.05, 0.1) is 13.1 Å². The second-order valence-electron chi connectivity index (χ2n) is 6.38. The second kappa shape index (κ2) is 8.45. The molecule has 0 aromatic carbocycles. The van der Waals surface area contributed by atoms with Crippen LogP contribution >= 0.6 is 0 Å². The maximum atomic E-state index is 5.96. The first-order valence-corrected chi connectivity index (χ1v) is 7.50. The Balaban J connectivity index is 2.43. The van der Waals surface area contributed by atoms with Gasteiger partial charge in [-0.25, -0.2) is 0 Å². The zero-order valence-electron chi connectivity index (χ0n) is 14.0. The summed E-state index contributed by atoms with van der Waals surface area (Å²) in [5.41, 5.74) is 1.25. The van der Waals surface area contributed by atoms with Gasteiger partial charge < -0.3 is 14.6 Å². The highest BCUT2D eigenvalue weighted by atomic mass is 16.3. The third kappa shape index (κ3) is 6.55. The molecule has 0 amide bonds. The lowest BCUT2D eigenvalue weighted by atomic mass is 10.2. The highest BCUT2D eigenvalue weighted by Crippen LogP contribution is 2.16. The molecule has 0 aliphatic carbocycles. The third-order valence-electron chi connectivity index (χ3n) is 3.26. The number of rotatable bonds is 9. The number of nitrogens with zero attached hydrogens (tertiary/aromatic N) is 2. The van der Waals surface area contributed by atoms with Crippen LogP contribution in [0.5, 0.6) is 0 Å². The summed E-state index contributed by atoms with van der Waals surface area (Å²) in [5.74, 6) is 2.80. The van der Waals surface area contributed by atoms with Crippen LogP contribution in [0.3, 0.4) is 0 Å². The molecule has 0 unspecified atom stereocenters. The summed E-state index contributed by atoms with van der Waals surface area (Å²) in [5, 5.41) is 3.43. The Morgan fingerprint density at radius 3 is 2.50 bits per heavy atom. The number of likely N-dealkylation sites (N-methyl/N-ethyl adjacent to an activating group) is 2. The summed E-state index contributed by atoms with van der Waals surface area (Å²) in [4.78, 5) is 4.49. The quantitative estimate of drug-likeness (QED) is 0.753. The van der Waals surface area contributed by atoms with Crippen LogP contribution in [0, 0.1) is 12.8 Å². The average Bonchev–Trinajstić information content (AvgIpc) is 2.67. The van der Waals surface area contributed by atoms with Gasteiger partial charge in [0.1, 0.15) is 11.5 Å². The molecule has 0 saturated carbocycles. The van der Waals surface area contributed by atoms with Crippen molar-refractivity contribution < 1.29 is 4.42 Å². The summed E-state index contributed by atoms with van der Waals surface area (Å²) in [6.07, 6.45) is 0. The molecule has 4 nitrogen and oxygen atoms in total. The van der Waals surface area contributed by atoms with E-state index in [9.17, 15) is 0 Å². The molecule has 116 valence electrons. The van der Waals surface area contributed by atoms with E-state index in [1.165, 1.54) is 5.56 Å². The topological polar surface area (TPSA) is 31.6 Å². The van der Waals surface area contributed by atoms with Gasteiger partial charge in [-0.15, -0.1) is 0 Å². The van der Waals surface area contributed by atoms with Crippen LogP contribution in [0.4, 0.5) is 0 Å². The lowest BCUT2D eigenvalue weighted by molar-refractivity contribution is 0.255. The molecule has 0 atom stereocenters. The average molecular weight is 281 g/mol. The molecule has 1 rings (SSSR count). The van der Waals surface area contributed by atoms with Crippen molar-refractivity contribution in [2.75, 3.05) is 40.8 Å². The summed E-state index contributed by atoms with van der Waals surface area (Å²) < 4.78 is 5.96. The third-order valence-corrected chi connectivity index (χ3v) is 3.26. The van der Waals surface area contributed by atoms with Gasteiger partial charge in [0.25, 0.3) is 0 Å². The van der Waals surface area contributed by atoms with Crippen molar-refractivity contribution in [3.8, 4) is 0 Å². The van der Waals surface area contributed by atoms with E-state index in [0.717, 1.165) is 44.2 Å². The first kappa shape index (κ1) is 17.2. The molecule has 1 aromatic heterocycles. The summed E-state index contributed by atoms with van der Waals surface area (Å²) in [7, 11) is 6.34. The minimum atomic E-state index is 0.668. The molecule has 4 heteroatoms. The molecule has 20 heavy (non-hydrogen) atoms. The molecule has 0 saturated heterocycles. The predicted molar refractivity (Wildman–Crippen MR) is 84.9 cm³/mol. The Hall–Kier alpha value is -0.840. The van der Waals surface area contributed by atoms with Crippen molar-refractivity contribution >= 4 is 0 Å². The van der Waals surface area contributed by atoms with E-state index in [0.29, 0.717) is 5.92 Å².